The third kappa shape index (κ3) is 7.53. The van der Waals surface area contributed by atoms with E-state index in [2.05, 4.69) is 4.72 Å². The summed E-state index contributed by atoms with van der Waals surface area (Å²) in [6, 6.07) is 14.9. The van der Waals surface area contributed by atoms with E-state index in [1.165, 1.54) is 34.5 Å². The van der Waals surface area contributed by atoms with Gasteiger partial charge in [-0.2, -0.15) is 4.31 Å². The second-order valence-corrected chi connectivity index (χ2v) is 14.6. The van der Waals surface area contributed by atoms with Crippen molar-refractivity contribution in [2.24, 2.45) is 5.92 Å². The highest BCUT2D eigenvalue weighted by Gasteiger charge is 2.33. The fraction of sp³-hybridized carbons (Fsp3) is 0.367. The Labute approximate surface area is 252 Å². The second kappa shape index (κ2) is 13.0. The Morgan fingerprint density at radius 1 is 1.05 bits per heavy atom. The van der Waals surface area contributed by atoms with Gasteiger partial charge < -0.3 is 14.7 Å². The average Bonchev–Trinajstić information content (AvgIpc) is 3.00. The highest BCUT2D eigenvalue weighted by molar-refractivity contribution is 7.92. The first-order chi connectivity index (χ1) is 20.2. The number of anilines is 1. The molecular formula is C30H36FN3O7S2. The van der Waals surface area contributed by atoms with E-state index in [0.29, 0.717) is 11.3 Å². The summed E-state index contributed by atoms with van der Waals surface area (Å²) in [6.07, 6.45) is -0.854. The molecule has 1 aliphatic heterocycles. The van der Waals surface area contributed by atoms with Crippen LogP contribution >= 0.6 is 0 Å². The lowest BCUT2D eigenvalue weighted by Gasteiger charge is -2.33. The first kappa shape index (κ1) is 32.4. The number of aliphatic hydroxyl groups excluding tert-OH is 1. The summed E-state index contributed by atoms with van der Waals surface area (Å²) in [7, 11) is -6.45. The van der Waals surface area contributed by atoms with E-state index in [0.717, 1.165) is 29.8 Å². The van der Waals surface area contributed by atoms with Gasteiger partial charge in [0.1, 0.15) is 17.7 Å². The van der Waals surface area contributed by atoms with E-state index in [4.69, 9.17) is 4.74 Å². The topological polar surface area (TPSA) is 133 Å². The fourth-order valence-corrected chi connectivity index (χ4v) is 7.01. The van der Waals surface area contributed by atoms with Gasteiger partial charge in [-0.05, 0) is 68.4 Å². The number of halogens is 1. The Balaban J connectivity index is 1.68. The van der Waals surface area contributed by atoms with Crippen LogP contribution in [0.4, 0.5) is 10.1 Å². The van der Waals surface area contributed by atoms with Gasteiger partial charge in [-0.3, -0.25) is 9.52 Å². The van der Waals surface area contributed by atoms with Crippen molar-refractivity contribution in [1.82, 2.24) is 9.21 Å². The number of carbonyl (C=O) groups is 1. The van der Waals surface area contributed by atoms with E-state index in [1.807, 2.05) is 13.8 Å². The predicted octanol–water partition coefficient (Wildman–Crippen LogP) is 3.40. The average molecular weight is 634 g/mol. The van der Waals surface area contributed by atoms with Crippen molar-refractivity contribution in [3.05, 3.63) is 83.7 Å². The predicted molar refractivity (Wildman–Crippen MR) is 160 cm³/mol. The van der Waals surface area contributed by atoms with Crippen molar-refractivity contribution in [2.45, 2.75) is 49.1 Å². The van der Waals surface area contributed by atoms with Gasteiger partial charge in [0.05, 0.1) is 35.4 Å². The number of rotatable bonds is 9. The number of carbonyl (C=O) groups excluding carboxylic acids is 1. The summed E-state index contributed by atoms with van der Waals surface area (Å²) in [4.78, 5) is 15.0. The van der Waals surface area contributed by atoms with Gasteiger partial charge in [0.25, 0.3) is 10.0 Å². The third-order valence-corrected chi connectivity index (χ3v) is 10.7. The van der Waals surface area contributed by atoms with E-state index in [-0.39, 0.29) is 53.4 Å². The fourth-order valence-electron chi connectivity index (χ4n) is 4.78. The highest BCUT2D eigenvalue weighted by Crippen LogP contribution is 2.30. The molecule has 3 aromatic carbocycles. The zero-order chi connectivity index (χ0) is 31.5. The van der Waals surface area contributed by atoms with Crippen LogP contribution in [0.3, 0.4) is 0 Å². The van der Waals surface area contributed by atoms with Crippen molar-refractivity contribution >= 4 is 31.6 Å². The van der Waals surface area contributed by atoms with E-state index in [1.54, 1.807) is 31.2 Å². The molecule has 1 aliphatic rings. The molecule has 3 atom stereocenters. The number of amides is 1. The molecule has 43 heavy (non-hydrogen) atoms. The number of ether oxygens (including phenoxy) is 1. The number of nitrogens with zero attached hydrogens (tertiary/aromatic N) is 2. The van der Waals surface area contributed by atoms with Crippen LogP contribution in [0.5, 0.6) is 5.75 Å². The quantitative estimate of drug-likeness (QED) is 0.369. The van der Waals surface area contributed by atoms with Crippen molar-refractivity contribution in [3.63, 3.8) is 0 Å². The van der Waals surface area contributed by atoms with Gasteiger partial charge in [0.2, 0.25) is 15.9 Å². The number of hydrogen-bond donors (Lipinski definition) is 2. The van der Waals surface area contributed by atoms with E-state index < -0.39 is 38.0 Å². The molecule has 0 bridgehead atoms. The van der Waals surface area contributed by atoms with Gasteiger partial charge in [-0.1, -0.05) is 24.6 Å². The molecule has 0 unspecified atom stereocenters. The van der Waals surface area contributed by atoms with Gasteiger partial charge in [0.15, 0.2) is 0 Å². The summed E-state index contributed by atoms with van der Waals surface area (Å²) in [5.74, 6) is -0.932. The molecule has 3 aromatic rings. The first-order valence-corrected chi connectivity index (χ1v) is 16.6. The number of sulfonamides is 2. The van der Waals surface area contributed by atoms with Crippen LogP contribution in [0.2, 0.25) is 0 Å². The summed E-state index contributed by atoms with van der Waals surface area (Å²) >= 11 is 0. The van der Waals surface area contributed by atoms with Gasteiger partial charge in [-0.25, -0.2) is 21.2 Å². The molecule has 1 heterocycles. The maximum Gasteiger partial charge on any atom is 0.261 e. The highest BCUT2D eigenvalue weighted by atomic mass is 32.2. The molecule has 0 saturated carbocycles. The number of benzene rings is 3. The lowest BCUT2D eigenvalue weighted by atomic mass is 10.0. The number of aliphatic hydroxyl groups is 1. The van der Waals surface area contributed by atoms with Crippen LogP contribution in [0.25, 0.3) is 0 Å². The van der Waals surface area contributed by atoms with Gasteiger partial charge >= 0.3 is 0 Å². The molecule has 0 aliphatic carbocycles. The molecule has 0 saturated heterocycles. The standard InChI is InChI=1S/C30H36FN3O7S2/c1-20-5-10-27(11-6-20)43(39,40)33(4)18-29-21(2)17-34(22(3)19-35)30(36)16-23-15-25(9-14-28(23)41-29)32-42(37,38)26-12-7-24(31)8-13-26/h5-15,21-22,29,32,35H,16-19H2,1-4H3/t21-,22+,29-/m0/s1. The van der Waals surface area contributed by atoms with Crippen LogP contribution in [0.1, 0.15) is 25.0 Å². The first-order valence-electron chi connectivity index (χ1n) is 13.7. The van der Waals surface area contributed by atoms with Crippen molar-refractivity contribution in [2.75, 3.05) is 31.5 Å². The summed E-state index contributed by atoms with van der Waals surface area (Å²) in [6.45, 7) is 5.30. The minimum absolute atomic E-state index is 0.0364. The summed E-state index contributed by atoms with van der Waals surface area (Å²) in [5.41, 5.74) is 1.46. The number of nitrogens with one attached hydrogen (secondary N) is 1. The largest absolute Gasteiger partial charge is 0.488 e. The maximum absolute atomic E-state index is 13.5. The molecule has 4 rings (SSSR count). The lowest BCUT2D eigenvalue weighted by Crippen LogP contribution is -2.48. The monoisotopic (exact) mass is 633 g/mol. The Kier molecular flexibility index (Phi) is 9.79. The summed E-state index contributed by atoms with van der Waals surface area (Å²) in [5, 5.41) is 9.87. The Morgan fingerprint density at radius 2 is 1.67 bits per heavy atom. The SMILES string of the molecule is Cc1ccc(S(=O)(=O)N(C)C[C@@H]2Oc3ccc(NS(=O)(=O)c4ccc(F)cc4)cc3CC(=O)N([C@H](C)CO)C[C@@H]2C)cc1. The molecule has 10 nitrogen and oxygen atoms in total. The lowest BCUT2D eigenvalue weighted by molar-refractivity contribution is -0.134. The van der Waals surface area contributed by atoms with Crippen LogP contribution in [0.15, 0.2) is 76.5 Å². The number of fused-ring (bicyclic) bond motifs is 1. The van der Waals surface area contributed by atoms with Gasteiger partial charge in [-0.15, -0.1) is 0 Å². The Hall–Kier alpha value is -3.52. The Bertz CT molecular complexity index is 1660. The third-order valence-electron chi connectivity index (χ3n) is 7.46. The second-order valence-electron chi connectivity index (χ2n) is 10.9. The van der Waals surface area contributed by atoms with Crippen LogP contribution in [0, 0.1) is 18.7 Å². The smallest absolute Gasteiger partial charge is 0.261 e. The molecule has 1 amide bonds. The Morgan fingerprint density at radius 3 is 2.30 bits per heavy atom. The van der Waals surface area contributed by atoms with Gasteiger partial charge in [0, 0.05) is 30.8 Å². The minimum Gasteiger partial charge on any atom is -0.488 e. The zero-order valence-corrected chi connectivity index (χ0v) is 26.0. The van der Waals surface area contributed by atoms with Crippen molar-refractivity contribution in [3.8, 4) is 5.75 Å². The number of aryl methyl sites for hydroxylation is 1. The van der Waals surface area contributed by atoms with Crippen LogP contribution in [-0.4, -0.2) is 75.9 Å². The molecule has 0 spiro atoms. The van der Waals surface area contributed by atoms with Crippen molar-refractivity contribution < 1.29 is 35.9 Å². The van der Waals surface area contributed by atoms with Crippen LogP contribution in [-0.2, 0) is 31.3 Å². The number of likely N-dealkylation sites (N-methyl/N-ethyl adjacent to an activating group) is 1. The number of hydrogen-bond acceptors (Lipinski definition) is 7. The maximum atomic E-state index is 13.5. The van der Waals surface area contributed by atoms with Crippen molar-refractivity contribution in [1.29, 1.82) is 0 Å². The summed E-state index contributed by atoms with van der Waals surface area (Å²) < 4.78 is 75.9. The molecule has 232 valence electrons. The molecule has 0 aromatic heterocycles. The molecular weight excluding hydrogens is 597 g/mol. The molecule has 0 radical (unpaired) electrons. The minimum atomic E-state index is -4.06. The molecule has 2 N–H and O–H groups in total. The van der Waals surface area contributed by atoms with E-state index >= 15 is 0 Å². The van der Waals surface area contributed by atoms with Crippen LogP contribution < -0.4 is 9.46 Å². The zero-order valence-electron chi connectivity index (χ0n) is 24.4. The molecule has 13 heteroatoms. The normalized spacial score (nSPS) is 18.7. The van der Waals surface area contributed by atoms with E-state index in [9.17, 15) is 31.1 Å². The molecule has 0 fully saturated rings.